The van der Waals surface area contributed by atoms with Gasteiger partial charge in [-0.3, -0.25) is 4.79 Å². The fraction of sp³-hybridized carbons (Fsp3) is 0.444. The van der Waals surface area contributed by atoms with E-state index in [-0.39, 0.29) is 25.7 Å². The Balaban J connectivity index is 1.72. The summed E-state index contributed by atoms with van der Waals surface area (Å²) < 4.78 is 39.1. The van der Waals surface area contributed by atoms with Gasteiger partial charge in [0.1, 0.15) is 5.75 Å². The van der Waals surface area contributed by atoms with E-state index in [9.17, 15) is 4.79 Å². The van der Waals surface area contributed by atoms with Gasteiger partial charge in [0.2, 0.25) is 5.75 Å². The number of carbonyl (C=O) groups excluding carboxylic acids is 1. The lowest BCUT2D eigenvalue weighted by atomic mass is 10.1. The molecule has 0 aliphatic carbocycles. The van der Waals surface area contributed by atoms with Gasteiger partial charge in [0.05, 0.1) is 13.7 Å². The average Bonchev–Trinajstić information content (AvgIpc) is 2.89. The van der Waals surface area contributed by atoms with Crippen LogP contribution in [0.25, 0.3) is 6.08 Å². The van der Waals surface area contributed by atoms with E-state index in [4.69, 9.17) is 33.2 Å². The van der Waals surface area contributed by atoms with Crippen molar-refractivity contribution >= 4 is 11.9 Å². The zero-order valence-electron chi connectivity index (χ0n) is 20.6. The second-order valence-electron chi connectivity index (χ2n) is 7.66. The van der Waals surface area contributed by atoms with Crippen LogP contribution in [0, 0.1) is 0 Å². The molecule has 2 aromatic rings. The van der Waals surface area contributed by atoms with Crippen molar-refractivity contribution in [2.24, 2.45) is 0 Å². The molecule has 0 spiro atoms. The number of rotatable bonds is 14. The van der Waals surface area contributed by atoms with Crippen LogP contribution in [0.3, 0.4) is 0 Å². The lowest BCUT2D eigenvalue weighted by Crippen LogP contribution is -2.24. The molecule has 1 aliphatic rings. The number of methoxy groups -OCH3 is 1. The summed E-state index contributed by atoms with van der Waals surface area (Å²) in [6, 6.07) is 10.6. The summed E-state index contributed by atoms with van der Waals surface area (Å²) in [4.78, 5) is 12.8. The summed E-state index contributed by atoms with van der Waals surface area (Å²) in [5, 5.41) is 0. The van der Waals surface area contributed by atoms with Gasteiger partial charge in [0.25, 0.3) is 0 Å². The molecule has 2 aromatic carbocycles. The SMILES string of the molecule is CCOCOc1ccc(C=CC(=O)c2ccc(OC3CCCCO3)cc2)c(OC)c1OCOCC. The molecule has 1 aliphatic heterocycles. The molecule has 0 bridgehead atoms. The largest absolute Gasteiger partial charge is 0.492 e. The van der Waals surface area contributed by atoms with E-state index in [0.29, 0.717) is 53.9 Å². The Hall–Kier alpha value is -3.07. The van der Waals surface area contributed by atoms with Crippen molar-refractivity contribution in [1.29, 1.82) is 0 Å². The molecule has 1 atom stereocenters. The van der Waals surface area contributed by atoms with E-state index in [1.807, 2.05) is 13.8 Å². The van der Waals surface area contributed by atoms with Crippen LogP contribution in [0.1, 0.15) is 49.0 Å². The van der Waals surface area contributed by atoms with Crippen molar-refractivity contribution in [2.45, 2.75) is 39.4 Å². The lowest BCUT2D eigenvalue weighted by molar-refractivity contribution is -0.105. The van der Waals surface area contributed by atoms with Crippen LogP contribution in [0.5, 0.6) is 23.0 Å². The maximum Gasteiger partial charge on any atom is 0.206 e. The predicted molar refractivity (Wildman–Crippen MR) is 131 cm³/mol. The van der Waals surface area contributed by atoms with Crippen LogP contribution < -0.4 is 18.9 Å². The predicted octanol–water partition coefficient (Wildman–Crippen LogP) is 5.24. The fourth-order valence-electron chi connectivity index (χ4n) is 3.44. The van der Waals surface area contributed by atoms with Crippen molar-refractivity contribution in [3.8, 4) is 23.0 Å². The Morgan fingerprint density at radius 1 is 0.971 bits per heavy atom. The van der Waals surface area contributed by atoms with Gasteiger partial charge >= 0.3 is 0 Å². The van der Waals surface area contributed by atoms with E-state index in [1.54, 1.807) is 42.5 Å². The van der Waals surface area contributed by atoms with E-state index < -0.39 is 0 Å². The number of ketones is 1. The van der Waals surface area contributed by atoms with E-state index in [0.717, 1.165) is 19.3 Å². The van der Waals surface area contributed by atoms with Crippen molar-refractivity contribution < 1.29 is 38.0 Å². The number of hydrogen-bond donors (Lipinski definition) is 0. The van der Waals surface area contributed by atoms with Crippen molar-refractivity contribution in [2.75, 3.05) is 40.5 Å². The minimum atomic E-state index is -0.225. The maximum absolute atomic E-state index is 12.8. The Labute approximate surface area is 206 Å². The first-order valence-electron chi connectivity index (χ1n) is 11.9. The Morgan fingerprint density at radius 2 is 1.71 bits per heavy atom. The van der Waals surface area contributed by atoms with Gasteiger partial charge in [-0.2, -0.15) is 0 Å². The first-order chi connectivity index (χ1) is 17.2. The molecule has 1 fully saturated rings. The molecule has 0 aromatic heterocycles. The third-order valence-corrected chi connectivity index (χ3v) is 5.26. The molecule has 8 nitrogen and oxygen atoms in total. The third-order valence-electron chi connectivity index (χ3n) is 5.26. The third kappa shape index (κ3) is 7.99. The van der Waals surface area contributed by atoms with Gasteiger partial charge in [-0.15, -0.1) is 0 Å². The highest BCUT2D eigenvalue weighted by Crippen LogP contribution is 2.41. The normalized spacial score (nSPS) is 15.7. The number of allylic oxidation sites excluding steroid dienone is 1. The molecule has 0 radical (unpaired) electrons. The summed E-state index contributed by atoms with van der Waals surface area (Å²) in [5.41, 5.74) is 1.20. The first kappa shape index (κ1) is 26.5. The van der Waals surface area contributed by atoms with Crippen LogP contribution in [-0.2, 0) is 14.2 Å². The first-order valence-corrected chi connectivity index (χ1v) is 11.9. The van der Waals surface area contributed by atoms with Gasteiger partial charge in [-0.1, -0.05) is 0 Å². The second-order valence-corrected chi connectivity index (χ2v) is 7.66. The van der Waals surface area contributed by atoms with Gasteiger partial charge in [-0.25, -0.2) is 0 Å². The smallest absolute Gasteiger partial charge is 0.206 e. The number of carbonyl (C=O) groups is 1. The molecule has 35 heavy (non-hydrogen) atoms. The lowest BCUT2D eigenvalue weighted by Gasteiger charge is -2.23. The van der Waals surface area contributed by atoms with Crippen molar-refractivity contribution in [1.82, 2.24) is 0 Å². The molecule has 3 rings (SSSR count). The topological polar surface area (TPSA) is 81.7 Å². The molecular weight excluding hydrogens is 452 g/mol. The summed E-state index contributed by atoms with van der Waals surface area (Å²) in [7, 11) is 1.53. The molecule has 1 saturated heterocycles. The average molecular weight is 487 g/mol. The minimum Gasteiger partial charge on any atom is -0.492 e. The molecule has 0 amide bonds. The monoisotopic (exact) mass is 486 g/mol. The van der Waals surface area contributed by atoms with E-state index in [1.165, 1.54) is 13.2 Å². The van der Waals surface area contributed by atoms with Crippen molar-refractivity contribution in [3.63, 3.8) is 0 Å². The quantitative estimate of drug-likeness (QED) is 0.155. The second kappa shape index (κ2) is 14.4. The number of benzene rings is 2. The van der Waals surface area contributed by atoms with Crippen LogP contribution in [-0.4, -0.2) is 52.6 Å². The molecule has 1 heterocycles. The van der Waals surface area contributed by atoms with Crippen LogP contribution >= 0.6 is 0 Å². The Morgan fingerprint density at radius 3 is 2.37 bits per heavy atom. The fourth-order valence-corrected chi connectivity index (χ4v) is 3.44. The summed E-state index contributed by atoms with van der Waals surface area (Å²) in [6.07, 6.45) is 5.97. The highest BCUT2D eigenvalue weighted by molar-refractivity contribution is 6.07. The zero-order chi connectivity index (χ0) is 24.9. The highest BCUT2D eigenvalue weighted by Gasteiger charge is 2.17. The molecule has 8 heteroatoms. The van der Waals surface area contributed by atoms with Crippen LogP contribution in [0.15, 0.2) is 42.5 Å². The standard InChI is InChI=1S/C27H34O8/c1-4-30-18-33-24-16-12-21(26(29-3)27(24)34-19-31-5-2)11-15-23(28)20-9-13-22(14-10-20)35-25-8-6-7-17-32-25/h9-16,25H,4-8,17-19H2,1-3H3. The van der Waals surface area contributed by atoms with Crippen LogP contribution in [0.4, 0.5) is 0 Å². The Kier molecular flexibility index (Phi) is 10.9. The van der Waals surface area contributed by atoms with Crippen molar-refractivity contribution in [3.05, 3.63) is 53.6 Å². The summed E-state index contributed by atoms with van der Waals surface area (Å²) in [6.45, 7) is 5.61. The van der Waals surface area contributed by atoms with Gasteiger partial charge in [-0.05, 0) is 75.2 Å². The molecule has 0 saturated carbocycles. The van der Waals surface area contributed by atoms with E-state index >= 15 is 0 Å². The van der Waals surface area contributed by atoms with Gasteiger partial charge in [0.15, 0.2) is 37.2 Å². The molecule has 190 valence electrons. The maximum atomic E-state index is 12.8. The molecule has 1 unspecified atom stereocenters. The molecule has 0 N–H and O–H groups in total. The van der Waals surface area contributed by atoms with Crippen LogP contribution in [0.2, 0.25) is 0 Å². The zero-order valence-corrected chi connectivity index (χ0v) is 20.6. The Bertz CT molecular complexity index is 948. The minimum absolute atomic E-state index is 0.0320. The van der Waals surface area contributed by atoms with E-state index in [2.05, 4.69) is 0 Å². The van der Waals surface area contributed by atoms with Gasteiger partial charge < -0.3 is 33.2 Å². The number of ether oxygens (including phenoxy) is 7. The number of hydrogen-bond acceptors (Lipinski definition) is 8. The van der Waals surface area contributed by atoms with Gasteiger partial charge in [0, 0.05) is 30.8 Å². The molecular formula is C27H34O8. The highest BCUT2D eigenvalue weighted by atomic mass is 16.7. The summed E-state index contributed by atoms with van der Waals surface area (Å²) in [5.74, 6) is 1.79. The summed E-state index contributed by atoms with van der Waals surface area (Å²) >= 11 is 0.